The summed E-state index contributed by atoms with van der Waals surface area (Å²) in [5, 5.41) is 3.36. The van der Waals surface area contributed by atoms with Gasteiger partial charge in [0.1, 0.15) is 11.6 Å². The predicted octanol–water partition coefficient (Wildman–Crippen LogP) is 10.7. The van der Waals surface area contributed by atoms with Crippen LogP contribution in [0, 0.1) is 0 Å². The van der Waals surface area contributed by atoms with Gasteiger partial charge in [-0.05, 0) is 78.6 Å². The molecule has 0 saturated carbocycles. The van der Waals surface area contributed by atoms with Crippen molar-refractivity contribution in [1.82, 2.24) is 39.0 Å². The highest BCUT2D eigenvalue weighted by Crippen LogP contribution is 2.37. The maximum Gasteiger partial charge on any atom is 0.138 e. The zero-order valence-corrected chi connectivity index (χ0v) is 30.2. The molecule has 0 radical (unpaired) electrons. The molecule has 0 aliphatic heterocycles. The van der Waals surface area contributed by atoms with Crippen LogP contribution in [0.15, 0.2) is 165 Å². The second kappa shape index (κ2) is 13.1. The van der Waals surface area contributed by atoms with Gasteiger partial charge in [0.05, 0.1) is 27.9 Å². The highest BCUT2D eigenvalue weighted by Gasteiger charge is 2.21. The maximum atomic E-state index is 5.36. The van der Waals surface area contributed by atoms with Crippen LogP contribution >= 0.6 is 0 Å². The lowest BCUT2D eigenvalue weighted by Crippen LogP contribution is -2.06. The molecule has 8 heterocycles. The van der Waals surface area contributed by atoms with E-state index < -0.39 is 0 Å². The molecule has 0 N–H and O–H groups in total. The normalized spacial score (nSPS) is 12.4. The lowest BCUT2D eigenvalue weighted by Gasteiger charge is -2.16. The fourth-order valence-electron chi connectivity index (χ4n) is 8.16. The smallest absolute Gasteiger partial charge is 0.138 e. The Balaban J connectivity index is 1.06. The van der Waals surface area contributed by atoms with Crippen LogP contribution in [-0.2, 0) is 6.42 Å². The minimum atomic E-state index is 0.825. The van der Waals surface area contributed by atoms with E-state index in [1.54, 1.807) is 6.20 Å². The van der Waals surface area contributed by atoms with Gasteiger partial charge in [-0.15, -0.1) is 0 Å². The molecule has 0 spiro atoms. The standard InChI is InChI=1S/C48H32N8/c1-3-11-43-37(9-1)39-29-51-21-17-45(39)55(43)47-25-35(33-7-5-19-49-27-33)23-41(53-47)31-13-15-32(16-14-31)42-24-36(34-8-6-20-50-28-34)26-48(54-42)56-44-12-4-2-10-38(44)40-30-52-22-18-46(40)56/h1-3,5-11,13-30H,4,12H2. The number of allylic oxidation sites excluding steroid dienone is 1. The van der Waals surface area contributed by atoms with Gasteiger partial charge in [-0.1, -0.05) is 66.7 Å². The van der Waals surface area contributed by atoms with Crippen molar-refractivity contribution >= 4 is 38.8 Å². The first-order valence-corrected chi connectivity index (χ1v) is 18.7. The summed E-state index contributed by atoms with van der Waals surface area (Å²) in [4.78, 5) is 28.5. The van der Waals surface area contributed by atoms with E-state index in [1.165, 1.54) is 11.3 Å². The molecule has 8 heteroatoms. The van der Waals surface area contributed by atoms with Crippen molar-refractivity contribution in [2.45, 2.75) is 12.8 Å². The Morgan fingerprint density at radius 1 is 0.429 bits per heavy atom. The van der Waals surface area contributed by atoms with Crippen LogP contribution in [0.2, 0.25) is 0 Å². The first kappa shape index (κ1) is 31.9. The molecule has 0 amide bonds. The molecular weight excluding hydrogens is 689 g/mol. The number of nitrogens with zero attached hydrogens (tertiary/aromatic N) is 8. The Labute approximate surface area is 322 Å². The number of pyridine rings is 6. The van der Waals surface area contributed by atoms with Crippen LogP contribution in [0.1, 0.15) is 17.7 Å². The average Bonchev–Trinajstić information content (AvgIpc) is 3.80. The summed E-state index contributed by atoms with van der Waals surface area (Å²) in [7, 11) is 0. The number of rotatable bonds is 6. The average molecular weight is 721 g/mol. The molecule has 0 atom stereocenters. The second-order valence-electron chi connectivity index (χ2n) is 14.0. The monoisotopic (exact) mass is 720 g/mol. The van der Waals surface area contributed by atoms with Crippen LogP contribution in [0.3, 0.4) is 0 Å². The molecular formula is C48H32N8. The number of aromatic nitrogens is 8. The third-order valence-corrected chi connectivity index (χ3v) is 10.8. The molecule has 10 aromatic rings. The molecule has 8 nitrogen and oxygen atoms in total. The van der Waals surface area contributed by atoms with Gasteiger partial charge in [0, 0.05) is 99.2 Å². The third-order valence-electron chi connectivity index (χ3n) is 10.8. The molecule has 11 rings (SSSR count). The number of benzene rings is 2. The summed E-state index contributed by atoms with van der Waals surface area (Å²) < 4.78 is 4.54. The molecule has 0 bridgehead atoms. The van der Waals surface area contributed by atoms with E-state index in [2.05, 4.69) is 138 Å². The third kappa shape index (κ3) is 5.30. The van der Waals surface area contributed by atoms with Gasteiger partial charge in [0.15, 0.2) is 0 Å². The highest BCUT2D eigenvalue weighted by molar-refractivity contribution is 6.08. The lowest BCUT2D eigenvalue weighted by atomic mass is 10.0. The molecule has 0 saturated heterocycles. The Morgan fingerprint density at radius 2 is 1.00 bits per heavy atom. The van der Waals surface area contributed by atoms with Crippen molar-refractivity contribution in [3.05, 3.63) is 176 Å². The van der Waals surface area contributed by atoms with Crippen LogP contribution < -0.4 is 0 Å². The Morgan fingerprint density at radius 3 is 1.64 bits per heavy atom. The number of hydrogen-bond donors (Lipinski definition) is 0. The van der Waals surface area contributed by atoms with Gasteiger partial charge < -0.3 is 0 Å². The molecule has 8 aromatic heterocycles. The van der Waals surface area contributed by atoms with E-state index in [9.17, 15) is 0 Å². The minimum absolute atomic E-state index is 0.825. The summed E-state index contributed by atoms with van der Waals surface area (Å²) in [5.74, 6) is 1.70. The van der Waals surface area contributed by atoms with Gasteiger partial charge in [0.2, 0.25) is 0 Å². The Hall–Kier alpha value is -7.58. The van der Waals surface area contributed by atoms with Crippen LogP contribution in [0.25, 0.3) is 95.2 Å². The number of para-hydroxylation sites is 1. The van der Waals surface area contributed by atoms with Crippen LogP contribution in [0.4, 0.5) is 0 Å². The van der Waals surface area contributed by atoms with Crippen LogP contribution in [0.5, 0.6) is 0 Å². The van der Waals surface area contributed by atoms with Crippen molar-refractivity contribution in [1.29, 1.82) is 0 Å². The van der Waals surface area contributed by atoms with E-state index in [-0.39, 0.29) is 0 Å². The van der Waals surface area contributed by atoms with Crippen LogP contribution in [-0.4, -0.2) is 39.0 Å². The summed E-state index contributed by atoms with van der Waals surface area (Å²) in [6, 6.07) is 37.9. The van der Waals surface area contributed by atoms with Crippen molar-refractivity contribution in [3.63, 3.8) is 0 Å². The fraction of sp³-hybridized carbons (Fsp3) is 0.0417. The van der Waals surface area contributed by atoms with Crippen molar-refractivity contribution < 1.29 is 0 Å². The van der Waals surface area contributed by atoms with E-state index >= 15 is 0 Å². The summed E-state index contributed by atoms with van der Waals surface area (Å²) in [5.41, 5.74) is 13.6. The van der Waals surface area contributed by atoms with E-state index in [0.717, 1.165) is 102 Å². The Bertz CT molecular complexity index is 3070. The van der Waals surface area contributed by atoms with E-state index in [1.807, 2.05) is 55.5 Å². The van der Waals surface area contributed by atoms with Gasteiger partial charge in [0.25, 0.3) is 0 Å². The zero-order valence-electron chi connectivity index (χ0n) is 30.2. The molecule has 2 aromatic carbocycles. The highest BCUT2D eigenvalue weighted by atomic mass is 15.1. The molecule has 56 heavy (non-hydrogen) atoms. The second-order valence-corrected chi connectivity index (χ2v) is 14.0. The first-order valence-electron chi connectivity index (χ1n) is 18.7. The van der Waals surface area contributed by atoms with Gasteiger partial charge in [-0.2, -0.15) is 0 Å². The van der Waals surface area contributed by atoms with Gasteiger partial charge in [-0.25, -0.2) is 9.97 Å². The van der Waals surface area contributed by atoms with E-state index in [0.29, 0.717) is 0 Å². The summed E-state index contributed by atoms with van der Waals surface area (Å²) in [6.45, 7) is 0. The van der Waals surface area contributed by atoms with Gasteiger partial charge >= 0.3 is 0 Å². The number of hydrogen-bond acceptors (Lipinski definition) is 6. The number of fused-ring (bicyclic) bond motifs is 6. The topological polar surface area (TPSA) is 87.2 Å². The zero-order chi connectivity index (χ0) is 37.0. The minimum Gasteiger partial charge on any atom is -0.297 e. The predicted molar refractivity (Wildman–Crippen MR) is 223 cm³/mol. The fourth-order valence-corrected chi connectivity index (χ4v) is 8.16. The molecule has 264 valence electrons. The summed E-state index contributed by atoms with van der Waals surface area (Å²) in [6.07, 6.45) is 21.4. The molecule has 0 unspecified atom stereocenters. The van der Waals surface area contributed by atoms with E-state index in [4.69, 9.17) is 9.97 Å². The van der Waals surface area contributed by atoms with Crippen molar-refractivity contribution in [2.24, 2.45) is 0 Å². The SMILES string of the molecule is C1=Cc2c(n(-c3cc(-c4cccnc4)cc(-c4ccc(-c5cc(-c6cccnc6)cc(-n6c7ccccc7c7cnccc76)n5)cc4)n3)c3ccncc23)CC1. The molecule has 1 aliphatic carbocycles. The van der Waals surface area contributed by atoms with Crippen molar-refractivity contribution in [2.75, 3.05) is 0 Å². The van der Waals surface area contributed by atoms with Gasteiger partial charge in [-0.3, -0.25) is 29.1 Å². The van der Waals surface area contributed by atoms with Crippen molar-refractivity contribution in [3.8, 4) is 56.4 Å². The molecule has 1 aliphatic rings. The first-order chi connectivity index (χ1) is 27.8. The Kier molecular flexibility index (Phi) is 7.45. The molecule has 0 fully saturated rings. The lowest BCUT2D eigenvalue weighted by molar-refractivity contribution is 0.872. The summed E-state index contributed by atoms with van der Waals surface area (Å²) >= 11 is 0. The maximum absolute atomic E-state index is 5.36. The quantitative estimate of drug-likeness (QED) is 0.170. The largest absolute Gasteiger partial charge is 0.297 e.